The number of nitrogens with one attached hydrogen (secondary N) is 5. The monoisotopic (exact) mass is 1340 g/mol. The zero-order chi connectivity index (χ0) is 66.2. The summed E-state index contributed by atoms with van der Waals surface area (Å²) in [7, 11) is 0. The predicted octanol–water partition coefficient (Wildman–Crippen LogP) is -5.60. The molecule has 4 aromatic rings. The van der Waals surface area contributed by atoms with Crippen LogP contribution in [0.3, 0.4) is 0 Å². The third-order valence-corrected chi connectivity index (χ3v) is 17.3. The number of phenols is 1. The van der Waals surface area contributed by atoms with Crippen molar-refractivity contribution in [1.29, 1.82) is 0 Å². The van der Waals surface area contributed by atoms with E-state index >= 15 is 0 Å². The van der Waals surface area contributed by atoms with Gasteiger partial charge >= 0.3 is 29.6 Å². The third-order valence-electron chi connectivity index (χ3n) is 15.9. The first-order chi connectivity index (χ1) is 43.4. The van der Waals surface area contributed by atoms with Crippen molar-refractivity contribution < 1.29 is 128 Å². The molecule has 2 aromatic heterocycles. The number of unbranched alkanes of at least 4 members (excludes halogenated alkanes) is 7. The minimum atomic E-state index is -2.54. The average molecular weight is 1340 g/mol. The maximum atomic E-state index is 14.7. The van der Waals surface area contributed by atoms with Crippen molar-refractivity contribution in [3.8, 4) is 32.6 Å². The molecule has 0 radical (unpaired) electrons. The minimum absolute atomic E-state index is 0. The molecule has 2 aromatic carbocycles. The van der Waals surface area contributed by atoms with Gasteiger partial charge in [0, 0.05) is 62.3 Å². The molecular weight excluding hydrogens is 1260 g/mol. The van der Waals surface area contributed by atoms with E-state index in [1.54, 1.807) is 18.3 Å². The molecule has 92 heavy (non-hydrogen) atoms. The molecule has 5 heterocycles. The second-order valence-corrected chi connectivity index (χ2v) is 24.2. The number of β-amino-alcohol motifs (C(OH)–C–C–N with tert-alkyl or cyclic N) is 1. The molecule has 0 spiro atoms. The number of aromatic hydroxyl groups is 1. The van der Waals surface area contributed by atoms with E-state index in [1.807, 2.05) is 10.9 Å². The van der Waals surface area contributed by atoms with E-state index in [2.05, 4.69) is 58.2 Å². The van der Waals surface area contributed by atoms with Gasteiger partial charge in [0.1, 0.15) is 53.5 Å². The number of aliphatic hydroxyl groups excluding tert-OH is 7. The Bertz CT molecular complexity index is 3170. The summed E-state index contributed by atoms with van der Waals surface area (Å²) >= 11 is 1.20. The van der Waals surface area contributed by atoms with Crippen molar-refractivity contribution in [1.82, 2.24) is 56.4 Å². The second kappa shape index (κ2) is 35.1. The maximum Gasteiger partial charge on any atom is 1.00 e. The number of fused-ring (bicyclic) bond motifs is 2. The molecular formula is C57H77N12NaO20S2. The number of hydrogen-bond donors (Lipinski definition) is 14. The number of aryl methyl sites for hydroxylation is 1. The van der Waals surface area contributed by atoms with Crippen LogP contribution in [0.25, 0.3) is 21.1 Å². The number of primary amides is 1. The van der Waals surface area contributed by atoms with Gasteiger partial charge in [-0.2, -0.15) is 5.10 Å². The summed E-state index contributed by atoms with van der Waals surface area (Å²) in [5, 5.41) is 130. The molecule has 0 bridgehead atoms. The molecule has 35 heteroatoms. The number of phenolic OH excluding ortho intramolecular Hbond substituents is 1. The Morgan fingerprint density at radius 3 is 2.11 bits per heavy atom. The van der Waals surface area contributed by atoms with E-state index in [-0.39, 0.29) is 53.0 Å². The number of aromatic nitrogens is 4. The SMILES string of the molecule is CCCCCCCCCCn1cc(-c2nnc(-c3ccc(C(=O)NC4CC(O)CNC(=O)C5C(O)C(C)CN5C(=O)C(C(O)CC(N)=O)NC(=O)C(C(O)C(O)c5ccc(O)c(OSOO[O-])c5)NC(=O)C5CC(O)CN5C(=O)C(C(C)O)NC4=O)cc3)s2)cn1.[Na+]. The minimum Gasteiger partial charge on any atom is -0.691 e. The van der Waals surface area contributed by atoms with Crippen LogP contribution < -0.4 is 71.3 Å². The molecule has 498 valence electrons. The van der Waals surface area contributed by atoms with Crippen molar-refractivity contribution in [2.24, 2.45) is 11.7 Å². The van der Waals surface area contributed by atoms with E-state index in [4.69, 9.17) is 9.92 Å². The number of nitrogens with two attached hydrogens (primary N) is 1. The zero-order valence-electron chi connectivity index (χ0n) is 50.9. The van der Waals surface area contributed by atoms with Crippen molar-refractivity contribution in [2.75, 3.05) is 19.6 Å². The standard InChI is InChI=1S/C57H78N12O20S2.Na/c1-4-5-6-7-8-9-10-11-18-67-26-33(23-60-67)55-66-65-54(90-55)31-14-12-30(13-15-31)49(79)61-36-20-34(71)24-59-53(83)45-46(76)28(2)25-69(45)57(85)43(39(74)22-41(58)75)63-52(82)44(48(78)47(77)32-16-17-38(73)40(19-32)87-91-89-88-86)64-51(81)37-21-35(72)27-68(37)56(84)42(29(3)70)62-50(36)80;/h12-17,19,23,26,28-29,34-37,39,42-48,70-74,76-78,86H,4-11,18,20-22,24-25,27H2,1-3H3,(H2,58,75)(H,59,83)(H,61,79)(H,62,80)(H,63,82)(H,64,81);/q;+1/p-1. The summed E-state index contributed by atoms with van der Waals surface area (Å²) in [6.07, 6.45) is -3.10. The van der Waals surface area contributed by atoms with E-state index in [0.29, 0.717) is 15.6 Å². The Morgan fingerprint density at radius 1 is 0.804 bits per heavy atom. The van der Waals surface area contributed by atoms with E-state index in [1.165, 1.54) is 68.9 Å². The summed E-state index contributed by atoms with van der Waals surface area (Å²) in [4.78, 5) is 115. The molecule has 3 saturated heterocycles. The topological polar surface area (TPSA) is 485 Å². The van der Waals surface area contributed by atoms with Gasteiger partial charge in [-0.15, -0.1) is 14.5 Å². The Balaban J connectivity index is 0.0000134. The van der Waals surface area contributed by atoms with Gasteiger partial charge in [0.25, 0.3) is 18.2 Å². The number of amides is 8. The van der Waals surface area contributed by atoms with Crippen LogP contribution in [0, 0.1) is 5.92 Å². The molecule has 0 aliphatic carbocycles. The smallest absolute Gasteiger partial charge is 0.691 e. The van der Waals surface area contributed by atoms with Gasteiger partial charge in [0.05, 0.1) is 48.7 Å². The van der Waals surface area contributed by atoms with Crippen LogP contribution in [-0.4, -0.2) is 210 Å². The number of hydrogen-bond acceptors (Lipinski definition) is 25. The number of benzene rings is 2. The molecule has 3 aliphatic heterocycles. The number of aliphatic hydroxyl groups is 7. The van der Waals surface area contributed by atoms with Gasteiger partial charge in [-0.05, 0) is 43.2 Å². The largest absolute Gasteiger partial charge is 1.00 e. The summed E-state index contributed by atoms with van der Waals surface area (Å²) in [6, 6.07) is -3.38. The maximum absolute atomic E-state index is 14.7. The molecule has 32 nitrogen and oxygen atoms in total. The predicted molar refractivity (Wildman–Crippen MR) is 318 cm³/mol. The number of carbonyl (C=O) groups excluding carboxylic acids is 8. The fourth-order valence-electron chi connectivity index (χ4n) is 10.9. The molecule has 0 saturated carbocycles. The molecule has 8 amide bonds. The van der Waals surface area contributed by atoms with Crippen molar-refractivity contribution in [3.63, 3.8) is 0 Å². The number of carbonyl (C=O) groups is 8. The molecule has 15 N–H and O–H groups in total. The third kappa shape index (κ3) is 19.6. The molecule has 14 atom stereocenters. The fourth-order valence-corrected chi connectivity index (χ4v) is 12.0. The molecule has 7 rings (SSSR count). The van der Waals surface area contributed by atoms with Crippen molar-refractivity contribution in [3.05, 3.63) is 66.0 Å². The van der Waals surface area contributed by atoms with Gasteiger partial charge in [0.2, 0.25) is 41.4 Å². The first-order valence-corrected chi connectivity index (χ1v) is 31.1. The van der Waals surface area contributed by atoms with Crippen LogP contribution in [0.15, 0.2) is 54.9 Å². The summed E-state index contributed by atoms with van der Waals surface area (Å²) in [6.45, 7) is 3.64. The summed E-state index contributed by atoms with van der Waals surface area (Å²) < 4.78 is 10.9. The summed E-state index contributed by atoms with van der Waals surface area (Å²) in [5.74, 6) is -12.0. The molecule has 3 fully saturated rings. The normalized spacial score (nSPS) is 24.9. The van der Waals surface area contributed by atoms with Crippen LogP contribution in [0.2, 0.25) is 0 Å². The van der Waals surface area contributed by atoms with Crippen molar-refractivity contribution in [2.45, 2.75) is 177 Å². The molecule has 3 aliphatic rings. The quantitative estimate of drug-likeness (QED) is 0.0102. The summed E-state index contributed by atoms with van der Waals surface area (Å²) in [5.41, 5.74) is 6.37. The van der Waals surface area contributed by atoms with Gasteiger partial charge in [-0.3, -0.25) is 48.1 Å². The van der Waals surface area contributed by atoms with Crippen LogP contribution in [0.5, 0.6) is 11.5 Å². The molecule has 14 unspecified atom stereocenters. The first kappa shape index (κ1) is 74.6. The van der Waals surface area contributed by atoms with Gasteiger partial charge < -0.3 is 92.4 Å². The fraction of sp³-hybridized carbons (Fsp3) is 0.561. The first-order valence-electron chi connectivity index (χ1n) is 29.7. The van der Waals surface area contributed by atoms with Crippen LogP contribution >= 0.6 is 23.7 Å². The van der Waals surface area contributed by atoms with Crippen LogP contribution in [0.4, 0.5) is 0 Å². The number of nitrogens with zero attached hydrogens (tertiary/aromatic N) is 6. The van der Waals surface area contributed by atoms with Gasteiger partial charge in [0.15, 0.2) is 16.5 Å². The van der Waals surface area contributed by atoms with Gasteiger partial charge in [-0.1, -0.05) is 88.3 Å². The van der Waals surface area contributed by atoms with E-state index < -0.39 is 183 Å². The van der Waals surface area contributed by atoms with Crippen LogP contribution in [-0.2, 0) is 49.5 Å². The Morgan fingerprint density at radius 2 is 1.45 bits per heavy atom. The Kier molecular flexibility index (Phi) is 28.5. The van der Waals surface area contributed by atoms with Crippen molar-refractivity contribution >= 4 is 70.9 Å². The van der Waals surface area contributed by atoms with E-state index in [9.17, 15) is 84.5 Å². The Hall–Kier alpha value is -6.48. The number of rotatable bonds is 24. The Labute approximate surface area is 558 Å². The zero-order valence-corrected chi connectivity index (χ0v) is 54.6. The van der Waals surface area contributed by atoms with Gasteiger partial charge in [-0.25, -0.2) is 0 Å². The second-order valence-electron chi connectivity index (χ2n) is 22.8. The van der Waals surface area contributed by atoms with E-state index in [0.717, 1.165) is 59.9 Å². The average Bonchev–Trinajstić information content (AvgIpc) is 1.66. The van der Waals surface area contributed by atoms with Crippen LogP contribution in [0.1, 0.15) is 113 Å².